The van der Waals surface area contributed by atoms with Gasteiger partial charge in [0.2, 0.25) is 0 Å². The number of piperazine rings is 1. The van der Waals surface area contributed by atoms with Crippen LogP contribution in [0.15, 0.2) is 30.3 Å². The zero-order valence-corrected chi connectivity index (χ0v) is 17.1. The number of thiocarbonyl (C=S) groups is 1. The van der Waals surface area contributed by atoms with Gasteiger partial charge in [-0.25, -0.2) is 9.18 Å². The number of rotatable bonds is 3. The summed E-state index contributed by atoms with van der Waals surface area (Å²) in [4.78, 5) is 14.9. The van der Waals surface area contributed by atoms with Crippen LogP contribution in [0.1, 0.15) is 21.5 Å². The van der Waals surface area contributed by atoms with Gasteiger partial charge in [0.15, 0.2) is 10.9 Å². The van der Waals surface area contributed by atoms with Gasteiger partial charge in [0.25, 0.3) is 0 Å². The molecule has 0 radical (unpaired) electrons. The lowest BCUT2D eigenvalue weighted by atomic mass is 10.1. The first-order valence-corrected chi connectivity index (χ1v) is 9.63. The number of hydrogen-bond acceptors (Lipinski definition) is 4. The molecule has 1 fully saturated rings. The molecule has 2 aromatic rings. The molecule has 2 aromatic carbocycles. The van der Waals surface area contributed by atoms with Crippen LogP contribution in [0.25, 0.3) is 0 Å². The molecule has 0 saturated carbocycles. The van der Waals surface area contributed by atoms with Crippen molar-refractivity contribution in [2.45, 2.75) is 6.92 Å². The van der Waals surface area contributed by atoms with Crippen LogP contribution in [0.3, 0.4) is 0 Å². The number of nitrogens with zero attached hydrogens (tertiary/aromatic N) is 3. The molecule has 0 aromatic heterocycles. The van der Waals surface area contributed by atoms with Gasteiger partial charge in [0.1, 0.15) is 0 Å². The van der Waals surface area contributed by atoms with E-state index in [-0.39, 0.29) is 16.4 Å². The number of nitriles is 1. The summed E-state index contributed by atoms with van der Waals surface area (Å²) in [6.45, 7) is 3.93. The van der Waals surface area contributed by atoms with Gasteiger partial charge in [-0.3, -0.25) is 0 Å². The number of aromatic carboxylic acids is 1. The van der Waals surface area contributed by atoms with Crippen LogP contribution in [0, 0.1) is 24.1 Å². The molecule has 150 valence electrons. The van der Waals surface area contributed by atoms with Crippen molar-refractivity contribution >= 4 is 46.3 Å². The van der Waals surface area contributed by atoms with Crippen molar-refractivity contribution in [3.8, 4) is 6.07 Å². The Kier molecular flexibility index (Phi) is 6.20. The number of carbonyl (C=O) groups is 1. The fourth-order valence-electron chi connectivity index (χ4n) is 3.16. The van der Waals surface area contributed by atoms with E-state index in [0.29, 0.717) is 53.8 Å². The van der Waals surface area contributed by atoms with Gasteiger partial charge in [-0.1, -0.05) is 11.6 Å². The summed E-state index contributed by atoms with van der Waals surface area (Å²) >= 11 is 11.4. The summed E-state index contributed by atoms with van der Waals surface area (Å²) in [6.07, 6.45) is 0. The third kappa shape index (κ3) is 4.42. The number of hydrogen-bond donors (Lipinski definition) is 2. The van der Waals surface area contributed by atoms with E-state index < -0.39 is 5.97 Å². The van der Waals surface area contributed by atoms with Crippen LogP contribution < -0.4 is 10.2 Å². The molecule has 0 aliphatic carbocycles. The molecule has 1 aliphatic heterocycles. The number of anilines is 2. The van der Waals surface area contributed by atoms with E-state index in [1.54, 1.807) is 25.1 Å². The maximum absolute atomic E-state index is 14.6. The molecular formula is C20H18ClFN4O2S. The average Bonchev–Trinajstić information content (AvgIpc) is 2.70. The molecule has 3 rings (SSSR count). The lowest BCUT2D eigenvalue weighted by molar-refractivity contribution is 0.0697. The van der Waals surface area contributed by atoms with E-state index in [0.717, 1.165) is 0 Å². The zero-order valence-electron chi connectivity index (χ0n) is 15.6. The highest BCUT2D eigenvalue weighted by atomic mass is 35.5. The highest BCUT2D eigenvalue weighted by Crippen LogP contribution is 2.26. The molecule has 0 bridgehead atoms. The molecule has 1 heterocycles. The maximum atomic E-state index is 14.6. The number of nitrogens with one attached hydrogen (secondary N) is 1. The average molecular weight is 433 g/mol. The van der Waals surface area contributed by atoms with Crippen molar-refractivity contribution in [3.05, 3.63) is 57.9 Å². The third-order valence-corrected chi connectivity index (χ3v) is 5.52. The molecule has 1 saturated heterocycles. The van der Waals surface area contributed by atoms with Gasteiger partial charge in [-0.05, 0) is 49.5 Å². The fraction of sp³-hybridized carbons (Fsp3) is 0.250. The summed E-state index contributed by atoms with van der Waals surface area (Å²) in [5.41, 5.74) is 1.79. The summed E-state index contributed by atoms with van der Waals surface area (Å²) in [6, 6.07) is 9.81. The van der Waals surface area contributed by atoms with Crippen LogP contribution in [0.5, 0.6) is 0 Å². The van der Waals surface area contributed by atoms with Crippen LogP contribution in [-0.4, -0.2) is 47.3 Å². The van der Waals surface area contributed by atoms with E-state index in [1.165, 1.54) is 12.1 Å². The molecular weight excluding hydrogens is 415 g/mol. The van der Waals surface area contributed by atoms with Crippen molar-refractivity contribution in [1.29, 1.82) is 5.26 Å². The third-order valence-electron chi connectivity index (χ3n) is 4.84. The van der Waals surface area contributed by atoms with Crippen LogP contribution >= 0.6 is 23.8 Å². The second-order valence-electron chi connectivity index (χ2n) is 6.59. The fourth-order valence-corrected chi connectivity index (χ4v) is 3.72. The Balaban J connectivity index is 1.63. The standard InChI is InChI=1S/C20H18ClFN4O2S/c1-12-13(11-23)2-5-17(18(12)22)25-6-8-26(9-7-25)20(29)24-14-3-4-15(19(27)28)16(21)10-14/h2-5,10H,6-9H2,1H3,(H,24,29)(H,27,28). The van der Waals surface area contributed by atoms with E-state index in [9.17, 15) is 9.18 Å². The van der Waals surface area contributed by atoms with Crippen molar-refractivity contribution < 1.29 is 14.3 Å². The smallest absolute Gasteiger partial charge is 0.337 e. The van der Waals surface area contributed by atoms with Gasteiger partial charge < -0.3 is 20.2 Å². The lowest BCUT2D eigenvalue weighted by Gasteiger charge is -2.37. The molecule has 6 nitrogen and oxygen atoms in total. The number of carboxylic acids is 1. The summed E-state index contributed by atoms with van der Waals surface area (Å²) < 4.78 is 14.6. The summed E-state index contributed by atoms with van der Waals surface area (Å²) in [7, 11) is 0. The number of benzene rings is 2. The lowest BCUT2D eigenvalue weighted by Crippen LogP contribution is -2.50. The Labute approximate surface area is 178 Å². The minimum atomic E-state index is -1.09. The van der Waals surface area contributed by atoms with E-state index in [2.05, 4.69) is 5.32 Å². The minimum absolute atomic E-state index is 0.0245. The second-order valence-corrected chi connectivity index (χ2v) is 7.38. The number of halogens is 2. The Morgan fingerprint density at radius 1 is 1.28 bits per heavy atom. The molecule has 0 unspecified atom stereocenters. The summed E-state index contributed by atoms with van der Waals surface area (Å²) in [5, 5.41) is 21.7. The van der Waals surface area contributed by atoms with Gasteiger partial charge >= 0.3 is 5.97 Å². The zero-order chi connectivity index (χ0) is 21.1. The molecule has 2 N–H and O–H groups in total. The molecule has 0 spiro atoms. The highest BCUT2D eigenvalue weighted by molar-refractivity contribution is 7.80. The van der Waals surface area contributed by atoms with Crippen LogP contribution in [0.2, 0.25) is 5.02 Å². The first-order chi connectivity index (χ1) is 13.8. The summed E-state index contributed by atoms with van der Waals surface area (Å²) in [5.74, 6) is -1.46. The van der Waals surface area contributed by atoms with Crippen molar-refractivity contribution in [2.75, 3.05) is 36.4 Å². The Bertz CT molecular complexity index is 1020. The van der Waals surface area contributed by atoms with Gasteiger partial charge in [0.05, 0.1) is 27.9 Å². The monoisotopic (exact) mass is 432 g/mol. The Morgan fingerprint density at radius 2 is 1.97 bits per heavy atom. The van der Waals surface area contributed by atoms with Gasteiger partial charge in [0, 0.05) is 37.4 Å². The molecule has 1 aliphatic rings. The van der Waals surface area contributed by atoms with Crippen molar-refractivity contribution in [1.82, 2.24) is 4.90 Å². The van der Waals surface area contributed by atoms with E-state index in [1.807, 2.05) is 15.9 Å². The largest absolute Gasteiger partial charge is 0.478 e. The minimum Gasteiger partial charge on any atom is -0.478 e. The van der Waals surface area contributed by atoms with E-state index >= 15 is 0 Å². The van der Waals surface area contributed by atoms with Crippen molar-refractivity contribution in [2.24, 2.45) is 0 Å². The van der Waals surface area contributed by atoms with Gasteiger partial charge in [-0.15, -0.1) is 0 Å². The van der Waals surface area contributed by atoms with Crippen molar-refractivity contribution in [3.63, 3.8) is 0 Å². The highest BCUT2D eigenvalue weighted by Gasteiger charge is 2.22. The Hall–Kier alpha value is -2.89. The first-order valence-electron chi connectivity index (χ1n) is 8.84. The maximum Gasteiger partial charge on any atom is 0.337 e. The quantitative estimate of drug-likeness (QED) is 0.712. The molecule has 0 amide bonds. The first kappa shape index (κ1) is 20.8. The topological polar surface area (TPSA) is 79.6 Å². The SMILES string of the molecule is Cc1c(C#N)ccc(N2CCN(C(=S)Nc3ccc(C(=O)O)c(Cl)c3)CC2)c1F. The van der Waals surface area contributed by atoms with Gasteiger partial charge in [-0.2, -0.15) is 5.26 Å². The van der Waals surface area contributed by atoms with E-state index in [4.69, 9.17) is 34.2 Å². The number of carboxylic acid groups (broad SMARTS) is 1. The molecule has 0 atom stereocenters. The normalized spacial score (nSPS) is 13.7. The van der Waals surface area contributed by atoms with Crippen LogP contribution in [0.4, 0.5) is 15.8 Å². The second kappa shape index (κ2) is 8.64. The Morgan fingerprint density at radius 3 is 2.55 bits per heavy atom. The van der Waals surface area contributed by atoms with Crippen LogP contribution in [-0.2, 0) is 0 Å². The predicted octanol–water partition coefficient (Wildman–Crippen LogP) is 3.88. The molecule has 9 heteroatoms. The predicted molar refractivity (Wildman–Crippen MR) is 114 cm³/mol. The molecule has 29 heavy (non-hydrogen) atoms.